The van der Waals surface area contributed by atoms with E-state index in [0.29, 0.717) is 23.1 Å². The van der Waals surface area contributed by atoms with Crippen LogP contribution in [-0.4, -0.2) is 45.5 Å². The van der Waals surface area contributed by atoms with Crippen LogP contribution in [0.5, 0.6) is 11.6 Å². The molecule has 3 rings (SSSR count). The van der Waals surface area contributed by atoms with Gasteiger partial charge in [-0.05, 0) is 57.0 Å². The number of nitrogens with one attached hydrogen (secondary N) is 1. The number of para-hydroxylation sites is 1. The number of alkyl carbamates (subject to hydrolysis) is 1. The summed E-state index contributed by atoms with van der Waals surface area (Å²) in [4.78, 5) is 27.9. The fourth-order valence-corrected chi connectivity index (χ4v) is 3.05. The molecule has 2 aromatic carbocycles. The average molecular weight is 438 g/mol. The minimum Gasteiger partial charge on any atom is -0.477 e. The van der Waals surface area contributed by atoms with Gasteiger partial charge in [0, 0.05) is 5.39 Å². The Morgan fingerprint density at radius 2 is 1.78 bits per heavy atom. The molecule has 0 spiro atoms. The van der Waals surface area contributed by atoms with Crippen LogP contribution in [0.3, 0.4) is 0 Å². The summed E-state index contributed by atoms with van der Waals surface area (Å²) < 4.78 is 11.0. The normalized spacial score (nSPS) is 12.2. The van der Waals surface area contributed by atoms with Gasteiger partial charge in [0.25, 0.3) is 0 Å². The van der Waals surface area contributed by atoms with Crippen LogP contribution >= 0.6 is 0 Å². The number of pyridine rings is 1. The van der Waals surface area contributed by atoms with Crippen molar-refractivity contribution in [3.63, 3.8) is 0 Å². The van der Waals surface area contributed by atoms with E-state index in [4.69, 9.17) is 9.47 Å². The molecule has 0 saturated carbocycles. The fraction of sp³-hybridized carbons (Fsp3) is 0.292. The molecule has 1 atom stereocenters. The minimum absolute atomic E-state index is 0.00350. The smallest absolute Gasteiger partial charge is 0.407 e. The first-order valence-electron chi connectivity index (χ1n) is 10.1. The number of hydrogen-bond donors (Lipinski definition) is 3. The van der Waals surface area contributed by atoms with Crippen LogP contribution in [0, 0.1) is 0 Å². The van der Waals surface area contributed by atoms with Gasteiger partial charge in [0.15, 0.2) is 0 Å². The molecular formula is C24H26N2O6. The van der Waals surface area contributed by atoms with Crippen LogP contribution in [0.15, 0.2) is 54.6 Å². The van der Waals surface area contributed by atoms with Gasteiger partial charge in [0.1, 0.15) is 16.9 Å². The number of hydrogen-bond acceptors (Lipinski definition) is 6. The first kappa shape index (κ1) is 23.0. The number of rotatable bonds is 7. The number of aliphatic hydroxyl groups is 1. The molecule has 8 nitrogen and oxygen atoms in total. The van der Waals surface area contributed by atoms with Crippen molar-refractivity contribution >= 4 is 23.0 Å². The van der Waals surface area contributed by atoms with E-state index in [0.717, 1.165) is 5.56 Å². The van der Waals surface area contributed by atoms with Crippen molar-refractivity contribution in [1.82, 2.24) is 10.3 Å². The van der Waals surface area contributed by atoms with Crippen LogP contribution < -0.4 is 10.1 Å². The number of carbonyl (C=O) groups is 2. The predicted molar refractivity (Wildman–Crippen MR) is 119 cm³/mol. The monoisotopic (exact) mass is 438 g/mol. The summed E-state index contributed by atoms with van der Waals surface area (Å²) in [5.74, 6) is -0.711. The topological polar surface area (TPSA) is 118 Å². The fourth-order valence-electron chi connectivity index (χ4n) is 3.05. The molecule has 1 amide bonds. The van der Waals surface area contributed by atoms with Crippen molar-refractivity contribution in [2.75, 3.05) is 6.61 Å². The van der Waals surface area contributed by atoms with E-state index < -0.39 is 23.7 Å². The third kappa shape index (κ3) is 6.18. The summed E-state index contributed by atoms with van der Waals surface area (Å²) >= 11 is 0. The highest BCUT2D eigenvalue weighted by atomic mass is 16.6. The predicted octanol–water partition coefficient (Wildman–Crippen LogP) is 4.15. The van der Waals surface area contributed by atoms with Crippen molar-refractivity contribution in [2.45, 2.75) is 38.8 Å². The molecule has 0 aliphatic heterocycles. The van der Waals surface area contributed by atoms with Crippen molar-refractivity contribution in [3.8, 4) is 11.6 Å². The van der Waals surface area contributed by atoms with E-state index in [9.17, 15) is 19.8 Å². The Kier molecular flexibility index (Phi) is 6.95. The molecule has 3 N–H and O–H groups in total. The number of nitrogens with zero attached hydrogens (tertiary/aromatic N) is 1. The van der Waals surface area contributed by atoms with Gasteiger partial charge in [-0.2, -0.15) is 0 Å². The molecule has 1 heterocycles. The summed E-state index contributed by atoms with van der Waals surface area (Å²) in [5.41, 5.74) is 0.810. The molecule has 168 valence electrons. The number of ether oxygens (including phenoxy) is 2. The van der Waals surface area contributed by atoms with Crippen LogP contribution in [0.25, 0.3) is 10.9 Å². The molecule has 0 radical (unpaired) electrons. The lowest BCUT2D eigenvalue weighted by Crippen LogP contribution is -2.42. The van der Waals surface area contributed by atoms with Gasteiger partial charge < -0.3 is 25.0 Å². The van der Waals surface area contributed by atoms with Crippen LogP contribution in [0.4, 0.5) is 4.79 Å². The number of carboxylic acids is 1. The van der Waals surface area contributed by atoms with Gasteiger partial charge in [-0.15, -0.1) is 0 Å². The van der Waals surface area contributed by atoms with Crippen LogP contribution in [-0.2, 0) is 11.2 Å². The van der Waals surface area contributed by atoms with Crippen molar-refractivity contribution in [2.24, 2.45) is 0 Å². The van der Waals surface area contributed by atoms with E-state index in [1.807, 2.05) is 12.1 Å². The number of aromatic carboxylic acids is 1. The SMILES string of the molecule is CC(C)(C)OC(=O)NC(CO)Cc1ccc(Oc2nc3ccccc3cc2C(=O)O)cc1. The summed E-state index contributed by atoms with van der Waals surface area (Å²) in [7, 11) is 0. The second kappa shape index (κ2) is 9.65. The number of carbonyl (C=O) groups excluding carboxylic acids is 1. The van der Waals surface area contributed by atoms with E-state index in [1.54, 1.807) is 57.2 Å². The number of fused-ring (bicyclic) bond motifs is 1. The summed E-state index contributed by atoms with van der Waals surface area (Å²) in [6, 6.07) is 15.1. The molecule has 0 aliphatic carbocycles. The molecular weight excluding hydrogens is 412 g/mol. The average Bonchev–Trinajstić information content (AvgIpc) is 2.72. The van der Waals surface area contributed by atoms with E-state index >= 15 is 0 Å². The Morgan fingerprint density at radius 1 is 1.09 bits per heavy atom. The minimum atomic E-state index is -1.13. The molecule has 0 fully saturated rings. The van der Waals surface area contributed by atoms with Gasteiger partial charge in [0.05, 0.1) is 18.2 Å². The highest BCUT2D eigenvalue weighted by Gasteiger charge is 2.20. The number of aliphatic hydroxyl groups excluding tert-OH is 1. The Hall–Kier alpha value is -3.65. The van der Waals surface area contributed by atoms with Crippen molar-refractivity contribution < 1.29 is 29.3 Å². The molecule has 32 heavy (non-hydrogen) atoms. The Morgan fingerprint density at radius 3 is 2.41 bits per heavy atom. The lowest BCUT2D eigenvalue weighted by Gasteiger charge is -2.22. The zero-order chi connectivity index (χ0) is 23.3. The maximum absolute atomic E-state index is 11.9. The highest BCUT2D eigenvalue weighted by Crippen LogP contribution is 2.27. The third-order valence-corrected chi connectivity index (χ3v) is 4.48. The van der Waals surface area contributed by atoms with E-state index in [2.05, 4.69) is 10.3 Å². The third-order valence-electron chi connectivity index (χ3n) is 4.48. The maximum Gasteiger partial charge on any atom is 0.407 e. The quantitative estimate of drug-likeness (QED) is 0.507. The highest BCUT2D eigenvalue weighted by molar-refractivity contribution is 5.95. The van der Waals surface area contributed by atoms with Crippen molar-refractivity contribution in [1.29, 1.82) is 0 Å². The standard InChI is InChI=1S/C24H26N2O6/c1-24(2,3)32-23(30)25-17(14-27)12-15-8-10-18(11-9-15)31-21-19(22(28)29)13-16-6-4-5-7-20(16)26-21/h4-11,13,17,27H,12,14H2,1-3H3,(H,25,30)(H,28,29). The van der Waals surface area contributed by atoms with Gasteiger partial charge in [-0.25, -0.2) is 14.6 Å². The molecule has 1 unspecified atom stereocenters. The lowest BCUT2D eigenvalue weighted by molar-refractivity contribution is 0.0482. The zero-order valence-corrected chi connectivity index (χ0v) is 18.2. The van der Waals surface area contributed by atoms with Gasteiger partial charge in [-0.3, -0.25) is 0 Å². The molecule has 0 aliphatic rings. The zero-order valence-electron chi connectivity index (χ0n) is 18.2. The number of benzene rings is 2. The summed E-state index contributed by atoms with van der Waals surface area (Å²) in [5, 5.41) is 22.5. The molecule has 0 saturated heterocycles. The number of aromatic nitrogens is 1. The first-order valence-corrected chi connectivity index (χ1v) is 10.1. The summed E-state index contributed by atoms with van der Waals surface area (Å²) in [6.45, 7) is 5.04. The number of carboxylic acid groups (broad SMARTS) is 1. The van der Waals surface area contributed by atoms with Crippen LogP contribution in [0.2, 0.25) is 0 Å². The van der Waals surface area contributed by atoms with Gasteiger partial charge >= 0.3 is 12.1 Å². The molecule has 1 aromatic heterocycles. The molecule has 3 aromatic rings. The lowest BCUT2D eigenvalue weighted by atomic mass is 10.1. The second-order valence-corrected chi connectivity index (χ2v) is 8.31. The molecule has 0 bridgehead atoms. The Bertz CT molecular complexity index is 1110. The van der Waals surface area contributed by atoms with Crippen molar-refractivity contribution in [3.05, 3.63) is 65.7 Å². The summed E-state index contributed by atoms with van der Waals surface area (Å²) in [6.07, 6.45) is -0.218. The largest absolute Gasteiger partial charge is 0.477 e. The van der Waals surface area contributed by atoms with Gasteiger partial charge in [-0.1, -0.05) is 30.3 Å². The van der Waals surface area contributed by atoms with Gasteiger partial charge in [0.2, 0.25) is 5.88 Å². The first-order chi connectivity index (χ1) is 15.1. The molecule has 8 heteroatoms. The Labute approximate surface area is 185 Å². The van der Waals surface area contributed by atoms with E-state index in [-0.39, 0.29) is 18.1 Å². The van der Waals surface area contributed by atoms with E-state index in [1.165, 1.54) is 6.07 Å². The number of amides is 1. The maximum atomic E-state index is 11.9. The Balaban J connectivity index is 1.71. The second-order valence-electron chi connectivity index (χ2n) is 8.31. The van der Waals surface area contributed by atoms with Crippen LogP contribution in [0.1, 0.15) is 36.7 Å².